The fourth-order valence-corrected chi connectivity index (χ4v) is 1.35. The third kappa shape index (κ3) is 2.98. The van der Waals surface area contributed by atoms with Crippen LogP contribution in [0.5, 0.6) is 0 Å². The van der Waals surface area contributed by atoms with Crippen molar-refractivity contribution in [1.29, 1.82) is 0 Å². The number of nitrogen functional groups attached to an aromatic ring is 1. The number of nitrogens with two attached hydrogens (primary N) is 1. The van der Waals surface area contributed by atoms with Crippen LogP contribution in [0.15, 0.2) is 36.9 Å². The van der Waals surface area contributed by atoms with Crippen molar-refractivity contribution in [3.63, 3.8) is 0 Å². The minimum atomic E-state index is -0.215. The van der Waals surface area contributed by atoms with Crippen LogP contribution >= 0.6 is 0 Å². The topological polar surface area (TPSA) is 106 Å². The first-order valence-corrected chi connectivity index (χ1v) is 5.25. The highest BCUT2D eigenvalue weighted by Crippen LogP contribution is 2.05. The standard InChI is InChI=1S/C11H12N6O/c12-17-10-5-8(1-4-14-10)11(18)15-6-9-2-3-13-7-16-9/h1-5,7H,6,12H2,(H,14,17)(H,15,18). The molecule has 0 atom stereocenters. The number of carbonyl (C=O) groups excluding carboxylic acids is 1. The van der Waals surface area contributed by atoms with Gasteiger partial charge < -0.3 is 10.7 Å². The van der Waals surface area contributed by atoms with Crippen LogP contribution in [-0.4, -0.2) is 20.9 Å². The molecule has 0 spiro atoms. The number of anilines is 1. The Hall–Kier alpha value is -2.54. The Morgan fingerprint density at radius 1 is 1.28 bits per heavy atom. The van der Waals surface area contributed by atoms with Crippen LogP contribution in [0.2, 0.25) is 0 Å². The van der Waals surface area contributed by atoms with E-state index in [0.29, 0.717) is 17.9 Å². The average molecular weight is 244 g/mol. The number of amides is 1. The van der Waals surface area contributed by atoms with Gasteiger partial charge in [-0.1, -0.05) is 0 Å². The molecule has 4 N–H and O–H groups in total. The maximum atomic E-state index is 11.8. The minimum Gasteiger partial charge on any atom is -0.346 e. The Balaban J connectivity index is 1.99. The summed E-state index contributed by atoms with van der Waals surface area (Å²) >= 11 is 0. The molecular formula is C11H12N6O. The molecule has 0 bridgehead atoms. The molecule has 2 aromatic heterocycles. The van der Waals surface area contributed by atoms with E-state index in [1.54, 1.807) is 24.4 Å². The molecule has 7 nitrogen and oxygen atoms in total. The Morgan fingerprint density at radius 2 is 2.17 bits per heavy atom. The smallest absolute Gasteiger partial charge is 0.251 e. The van der Waals surface area contributed by atoms with Crippen molar-refractivity contribution < 1.29 is 4.79 Å². The summed E-state index contributed by atoms with van der Waals surface area (Å²) in [5.41, 5.74) is 3.60. The van der Waals surface area contributed by atoms with Gasteiger partial charge in [-0.05, 0) is 18.2 Å². The highest BCUT2D eigenvalue weighted by atomic mass is 16.1. The molecule has 1 amide bonds. The SMILES string of the molecule is NNc1cc(C(=O)NCc2ccncn2)ccn1. The minimum absolute atomic E-state index is 0.215. The van der Waals surface area contributed by atoms with Crippen LogP contribution in [-0.2, 0) is 6.54 Å². The van der Waals surface area contributed by atoms with Crippen LogP contribution in [0.25, 0.3) is 0 Å². The fourth-order valence-electron chi connectivity index (χ4n) is 1.35. The lowest BCUT2D eigenvalue weighted by Crippen LogP contribution is -2.23. The Morgan fingerprint density at radius 3 is 2.89 bits per heavy atom. The molecule has 0 saturated heterocycles. The van der Waals surface area contributed by atoms with Gasteiger partial charge in [-0.25, -0.2) is 20.8 Å². The highest BCUT2D eigenvalue weighted by Gasteiger charge is 2.06. The highest BCUT2D eigenvalue weighted by molar-refractivity contribution is 5.94. The van der Waals surface area contributed by atoms with Gasteiger partial charge >= 0.3 is 0 Å². The monoisotopic (exact) mass is 244 g/mol. The number of nitrogens with zero attached hydrogens (tertiary/aromatic N) is 3. The van der Waals surface area contributed by atoms with E-state index in [9.17, 15) is 4.79 Å². The molecule has 92 valence electrons. The van der Waals surface area contributed by atoms with E-state index >= 15 is 0 Å². The number of hydrogen-bond acceptors (Lipinski definition) is 6. The van der Waals surface area contributed by atoms with Crippen LogP contribution in [0.4, 0.5) is 5.82 Å². The van der Waals surface area contributed by atoms with Gasteiger partial charge in [0, 0.05) is 18.0 Å². The molecule has 2 aromatic rings. The van der Waals surface area contributed by atoms with Crippen molar-refractivity contribution in [1.82, 2.24) is 20.3 Å². The molecule has 18 heavy (non-hydrogen) atoms. The normalized spacial score (nSPS) is 9.83. The van der Waals surface area contributed by atoms with Crippen molar-refractivity contribution >= 4 is 11.7 Å². The number of rotatable bonds is 4. The number of carbonyl (C=O) groups is 1. The third-order valence-electron chi connectivity index (χ3n) is 2.24. The van der Waals surface area contributed by atoms with Crippen molar-refractivity contribution in [3.8, 4) is 0 Å². The van der Waals surface area contributed by atoms with E-state index < -0.39 is 0 Å². The first-order chi connectivity index (χ1) is 8.79. The third-order valence-corrected chi connectivity index (χ3v) is 2.24. The van der Waals surface area contributed by atoms with E-state index in [2.05, 4.69) is 25.7 Å². The molecule has 7 heteroatoms. The lowest BCUT2D eigenvalue weighted by Gasteiger charge is -2.05. The lowest BCUT2D eigenvalue weighted by molar-refractivity contribution is 0.0950. The van der Waals surface area contributed by atoms with E-state index in [1.807, 2.05) is 0 Å². The summed E-state index contributed by atoms with van der Waals surface area (Å²) < 4.78 is 0. The van der Waals surface area contributed by atoms with E-state index in [4.69, 9.17) is 5.84 Å². The zero-order valence-electron chi connectivity index (χ0n) is 9.50. The van der Waals surface area contributed by atoms with E-state index in [-0.39, 0.29) is 5.91 Å². The predicted molar refractivity (Wildman–Crippen MR) is 65.2 cm³/mol. The second-order valence-corrected chi connectivity index (χ2v) is 3.46. The molecular weight excluding hydrogens is 232 g/mol. The van der Waals surface area contributed by atoms with Gasteiger partial charge in [0.05, 0.1) is 12.2 Å². The molecule has 0 saturated carbocycles. The maximum Gasteiger partial charge on any atom is 0.251 e. The molecule has 0 aliphatic carbocycles. The summed E-state index contributed by atoms with van der Waals surface area (Å²) in [6.07, 6.45) is 4.57. The summed E-state index contributed by atoms with van der Waals surface area (Å²) in [4.78, 5) is 23.6. The Bertz CT molecular complexity index is 530. The van der Waals surface area contributed by atoms with Crippen LogP contribution in [0.3, 0.4) is 0 Å². The molecule has 0 aliphatic heterocycles. The molecule has 0 unspecified atom stereocenters. The largest absolute Gasteiger partial charge is 0.346 e. The van der Waals surface area contributed by atoms with Gasteiger partial charge in [0.2, 0.25) is 0 Å². The molecule has 0 fully saturated rings. The van der Waals surface area contributed by atoms with Crippen molar-refractivity contribution in [2.75, 3.05) is 5.43 Å². The van der Waals surface area contributed by atoms with Crippen LogP contribution in [0.1, 0.15) is 16.1 Å². The fraction of sp³-hybridized carbons (Fsp3) is 0.0909. The summed E-state index contributed by atoms with van der Waals surface area (Å²) in [6.45, 7) is 0.342. The van der Waals surface area contributed by atoms with Crippen molar-refractivity contribution in [3.05, 3.63) is 48.2 Å². The number of hydrogen-bond donors (Lipinski definition) is 3. The number of nitrogens with one attached hydrogen (secondary N) is 2. The number of aromatic nitrogens is 3. The first-order valence-electron chi connectivity index (χ1n) is 5.25. The Kier molecular flexibility index (Phi) is 3.77. The van der Waals surface area contributed by atoms with Crippen LogP contribution in [0, 0.1) is 0 Å². The Labute approximate surface area is 103 Å². The zero-order chi connectivity index (χ0) is 12.8. The number of hydrazine groups is 1. The molecule has 2 rings (SSSR count). The average Bonchev–Trinajstić information content (AvgIpc) is 2.46. The molecule has 0 aromatic carbocycles. The summed E-state index contributed by atoms with van der Waals surface area (Å²) in [5, 5.41) is 2.74. The van der Waals surface area contributed by atoms with Crippen LogP contribution < -0.4 is 16.6 Å². The van der Waals surface area contributed by atoms with Crippen molar-refractivity contribution in [2.24, 2.45) is 5.84 Å². The van der Waals surface area contributed by atoms with E-state index in [1.165, 1.54) is 12.5 Å². The first kappa shape index (κ1) is 11.9. The van der Waals surface area contributed by atoms with Gasteiger partial charge in [0.15, 0.2) is 0 Å². The lowest BCUT2D eigenvalue weighted by atomic mass is 10.2. The predicted octanol–water partition coefficient (Wildman–Crippen LogP) is 0.0872. The molecule has 0 radical (unpaired) electrons. The molecule has 0 aliphatic rings. The second-order valence-electron chi connectivity index (χ2n) is 3.46. The maximum absolute atomic E-state index is 11.8. The van der Waals surface area contributed by atoms with Gasteiger partial charge in [0.25, 0.3) is 5.91 Å². The van der Waals surface area contributed by atoms with E-state index in [0.717, 1.165) is 5.69 Å². The van der Waals surface area contributed by atoms with Gasteiger partial charge in [0.1, 0.15) is 12.1 Å². The quantitative estimate of drug-likeness (QED) is 0.520. The van der Waals surface area contributed by atoms with Gasteiger partial charge in [-0.2, -0.15) is 0 Å². The second kappa shape index (κ2) is 5.69. The van der Waals surface area contributed by atoms with Gasteiger partial charge in [-0.3, -0.25) is 4.79 Å². The zero-order valence-corrected chi connectivity index (χ0v) is 9.50. The summed E-state index contributed by atoms with van der Waals surface area (Å²) in [7, 11) is 0. The van der Waals surface area contributed by atoms with Crippen molar-refractivity contribution in [2.45, 2.75) is 6.54 Å². The summed E-state index contributed by atoms with van der Waals surface area (Å²) in [6, 6.07) is 4.91. The van der Waals surface area contributed by atoms with Gasteiger partial charge in [-0.15, -0.1) is 0 Å². The molecule has 2 heterocycles. The number of pyridine rings is 1. The summed E-state index contributed by atoms with van der Waals surface area (Å²) in [5.74, 6) is 5.44.